The van der Waals surface area contributed by atoms with Gasteiger partial charge in [0.05, 0.1) is 32.6 Å². The molecule has 0 saturated heterocycles. The summed E-state index contributed by atoms with van der Waals surface area (Å²) in [5.74, 6) is 1.39. The highest BCUT2D eigenvalue weighted by Gasteiger charge is 2.20. The molecule has 0 aliphatic carbocycles. The highest BCUT2D eigenvalue weighted by Crippen LogP contribution is 2.40. The van der Waals surface area contributed by atoms with Crippen molar-refractivity contribution in [2.45, 2.75) is 6.61 Å². The van der Waals surface area contributed by atoms with Crippen LogP contribution in [0.25, 0.3) is 5.65 Å². The number of aromatic nitrogens is 2. The summed E-state index contributed by atoms with van der Waals surface area (Å²) >= 11 is 0. The van der Waals surface area contributed by atoms with Gasteiger partial charge in [-0.15, -0.1) is 0 Å². The third kappa shape index (κ3) is 4.29. The number of nitrogens with zero attached hydrogens (tertiary/aromatic N) is 2. The summed E-state index contributed by atoms with van der Waals surface area (Å²) in [7, 11) is 4.49. The van der Waals surface area contributed by atoms with E-state index in [0.717, 1.165) is 11.3 Å². The first kappa shape index (κ1) is 21.0. The summed E-state index contributed by atoms with van der Waals surface area (Å²) < 4.78 is 23.8. The lowest BCUT2D eigenvalue weighted by Gasteiger charge is -2.15. The normalized spacial score (nSPS) is 10.6. The Morgan fingerprint density at radius 2 is 1.81 bits per heavy atom. The molecule has 0 spiro atoms. The molecule has 2 heterocycles. The average Bonchev–Trinajstić information content (AvgIpc) is 3.25. The molecule has 1 amide bonds. The van der Waals surface area contributed by atoms with Crippen molar-refractivity contribution in [3.05, 3.63) is 78.2 Å². The van der Waals surface area contributed by atoms with Gasteiger partial charge in [-0.2, -0.15) is 0 Å². The number of imidazole rings is 1. The fourth-order valence-electron chi connectivity index (χ4n) is 3.36. The SMILES string of the molecule is COc1ccc(C(=O)Nc2cccc(OCc3cn4ccccc4n3)c2)c(OC)c1OC. The van der Waals surface area contributed by atoms with E-state index in [1.807, 2.05) is 41.1 Å². The van der Waals surface area contributed by atoms with Crippen LogP contribution in [-0.4, -0.2) is 36.6 Å². The maximum Gasteiger partial charge on any atom is 0.259 e. The smallest absolute Gasteiger partial charge is 0.259 e. The summed E-state index contributed by atoms with van der Waals surface area (Å²) in [6, 6.07) is 16.3. The van der Waals surface area contributed by atoms with Crippen molar-refractivity contribution in [3.8, 4) is 23.0 Å². The third-order valence-corrected chi connectivity index (χ3v) is 4.84. The first-order chi connectivity index (χ1) is 15.6. The minimum Gasteiger partial charge on any atom is -0.493 e. The van der Waals surface area contributed by atoms with E-state index in [1.165, 1.54) is 21.3 Å². The molecule has 0 aliphatic heterocycles. The van der Waals surface area contributed by atoms with Crippen LogP contribution >= 0.6 is 0 Å². The van der Waals surface area contributed by atoms with E-state index in [9.17, 15) is 4.79 Å². The zero-order valence-corrected chi connectivity index (χ0v) is 18.0. The number of carbonyl (C=O) groups excluding carboxylic acids is 1. The molecule has 1 N–H and O–H groups in total. The molecule has 0 bridgehead atoms. The number of nitrogens with one attached hydrogen (secondary N) is 1. The highest BCUT2D eigenvalue weighted by molar-refractivity contribution is 6.07. The molecule has 4 rings (SSSR count). The second kappa shape index (κ2) is 9.30. The molecule has 0 radical (unpaired) electrons. The van der Waals surface area contributed by atoms with E-state index in [4.69, 9.17) is 18.9 Å². The lowest BCUT2D eigenvalue weighted by atomic mass is 10.1. The molecule has 164 valence electrons. The quantitative estimate of drug-likeness (QED) is 0.449. The lowest BCUT2D eigenvalue weighted by Crippen LogP contribution is -2.14. The fraction of sp³-hybridized carbons (Fsp3) is 0.167. The van der Waals surface area contributed by atoms with Gasteiger partial charge in [0.2, 0.25) is 5.75 Å². The Labute approximate surface area is 185 Å². The second-order valence-corrected chi connectivity index (χ2v) is 6.85. The summed E-state index contributed by atoms with van der Waals surface area (Å²) in [6.07, 6.45) is 3.86. The molecule has 0 atom stereocenters. The summed E-state index contributed by atoms with van der Waals surface area (Å²) in [5.41, 5.74) is 2.57. The van der Waals surface area contributed by atoms with Crippen molar-refractivity contribution in [3.63, 3.8) is 0 Å². The van der Waals surface area contributed by atoms with Gasteiger partial charge in [0.1, 0.15) is 18.0 Å². The molecule has 4 aromatic rings. The Morgan fingerprint density at radius 1 is 0.969 bits per heavy atom. The van der Waals surface area contributed by atoms with E-state index < -0.39 is 0 Å². The monoisotopic (exact) mass is 433 g/mol. The summed E-state index contributed by atoms with van der Waals surface area (Å²) in [6.45, 7) is 0.308. The number of anilines is 1. The molecule has 0 fully saturated rings. The standard InChI is InChI=1S/C24H23N3O5/c1-29-20-11-10-19(22(30-2)23(20)31-3)24(28)26-16-7-6-8-18(13-16)32-15-17-14-27-12-5-4-9-21(27)25-17/h4-14H,15H2,1-3H3,(H,26,28). The molecule has 0 aliphatic rings. The first-order valence-corrected chi connectivity index (χ1v) is 9.88. The molecule has 2 aromatic heterocycles. The van der Waals surface area contributed by atoms with Crippen molar-refractivity contribution in [1.82, 2.24) is 9.38 Å². The number of hydrogen-bond donors (Lipinski definition) is 1. The maximum absolute atomic E-state index is 12.9. The van der Waals surface area contributed by atoms with Crippen molar-refractivity contribution >= 4 is 17.2 Å². The van der Waals surface area contributed by atoms with E-state index in [1.54, 1.807) is 30.3 Å². The largest absolute Gasteiger partial charge is 0.493 e. The number of fused-ring (bicyclic) bond motifs is 1. The Kier molecular flexibility index (Phi) is 6.12. The Hall–Kier alpha value is -4.20. The predicted octanol–water partition coefficient (Wildman–Crippen LogP) is 4.19. The number of ether oxygens (including phenoxy) is 4. The minimum atomic E-state index is -0.347. The van der Waals surface area contributed by atoms with Crippen molar-refractivity contribution < 1.29 is 23.7 Å². The maximum atomic E-state index is 12.9. The van der Waals surface area contributed by atoms with Crippen molar-refractivity contribution in [1.29, 1.82) is 0 Å². The zero-order valence-electron chi connectivity index (χ0n) is 18.0. The average molecular weight is 433 g/mol. The van der Waals surface area contributed by atoms with Crippen LogP contribution in [0.2, 0.25) is 0 Å². The van der Waals surface area contributed by atoms with Crippen LogP contribution in [-0.2, 0) is 6.61 Å². The topological polar surface area (TPSA) is 83.3 Å². The van der Waals surface area contributed by atoms with Crippen LogP contribution in [0.5, 0.6) is 23.0 Å². The van der Waals surface area contributed by atoms with Crippen LogP contribution in [0.15, 0.2) is 67.0 Å². The number of carbonyl (C=O) groups is 1. The van der Waals surface area contributed by atoms with Gasteiger partial charge in [-0.25, -0.2) is 4.98 Å². The van der Waals surface area contributed by atoms with Gasteiger partial charge in [0, 0.05) is 24.1 Å². The Bertz CT molecular complexity index is 1220. The second-order valence-electron chi connectivity index (χ2n) is 6.85. The first-order valence-electron chi connectivity index (χ1n) is 9.88. The molecular weight excluding hydrogens is 410 g/mol. The van der Waals surface area contributed by atoms with Gasteiger partial charge in [-0.1, -0.05) is 12.1 Å². The van der Waals surface area contributed by atoms with Gasteiger partial charge in [-0.3, -0.25) is 4.79 Å². The van der Waals surface area contributed by atoms with E-state index >= 15 is 0 Å². The van der Waals surface area contributed by atoms with Crippen LogP contribution in [0.4, 0.5) is 5.69 Å². The molecule has 32 heavy (non-hydrogen) atoms. The number of pyridine rings is 1. The number of benzene rings is 2. The lowest BCUT2D eigenvalue weighted by molar-refractivity contribution is 0.102. The van der Waals surface area contributed by atoms with Crippen LogP contribution < -0.4 is 24.3 Å². The highest BCUT2D eigenvalue weighted by atomic mass is 16.5. The summed E-state index contributed by atoms with van der Waals surface area (Å²) in [4.78, 5) is 17.4. The van der Waals surface area contributed by atoms with Gasteiger partial charge in [0.25, 0.3) is 5.91 Å². The number of rotatable bonds is 8. The van der Waals surface area contributed by atoms with E-state index in [-0.39, 0.29) is 5.91 Å². The van der Waals surface area contributed by atoms with Crippen molar-refractivity contribution in [2.24, 2.45) is 0 Å². The van der Waals surface area contributed by atoms with Gasteiger partial charge in [0.15, 0.2) is 11.5 Å². The van der Waals surface area contributed by atoms with E-state index in [2.05, 4.69) is 10.3 Å². The van der Waals surface area contributed by atoms with E-state index in [0.29, 0.717) is 40.9 Å². The summed E-state index contributed by atoms with van der Waals surface area (Å²) in [5, 5.41) is 2.87. The molecular formula is C24H23N3O5. The Balaban J connectivity index is 1.48. The Morgan fingerprint density at radius 3 is 2.56 bits per heavy atom. The fourth-order valence-corrected chi connectivity index (χ4v) is 3.36. The van der Waals surface area contributed by atoms with Crippen LogP contribution in [0.3, 0.4) is 0 Å². The minimum absolute atomic E-state index is 0.295. The number of hydrogen-bond acceptors (Lipinski definition) is 6. The van der Waals surface area contributed by atoms with Crippen molar-refractivity contribution in [2.75, 3.05) is 26.6 Å². The molecule has 0 unspecified atom stereocenters. The number of methoxy groups -OCH3 is 3. The molecule has 8 nitrogen and oxygen atoms in total. The van der Waals surface area contributed by atoms with Gasteiger partial charge < -0.3 is 28.7 Å². The zero-order chi connectivity index (χ0) is 22.5. The van der Waals surface area contributed by atoms with Gasteiger partial charge >= 0.3 is 0 Å². The van der Waals surface area contributed by atoms with Crippen LogP contribution in [0.1, 0.15) is 16.1 Å². The predicted molar refractivity (Wildman–Crippen MR) is 120 cm³/mol. The van der Waals surface area contributed by atoms with Crippen LogP contribution in [0, 0.1) is 0 Å². The number of amides is 1. The van der Waals surface area contributed by atoms with Gasteiger partial charge in [-0.05, 0) is 36.4 Å². The molecule has 0 saturated carbocycles. The molecule has 2 aromatic carbocycles. The molecule has 8 heteroatoms. The third-order valence-electron chi connectivity index (χ3n) is 4.84.